The molecule has 0 bridgehead atoms. The first kappa shape index (κ1) is 14.8. The van der Waals surface area contributed by atoms with Crippen molar-refractivity contribution < 1.29 is 14.3 Å². The molecule has 2 aromatic rings. The zero-order chi connectivity index (χ0) is 16.4. The van der Waals surface area contributed by atoms with Crippen molar-refractivity contribution in [3.63, 3.8) is 0 Å². The summed E-state index contributed by atoms with van der Waals surface area (Å²) in [5.41, 5.74) is 1.60. The van der Waals surface area contributed by atoms with Gasteiger partial charge in [0, 0.05) is 25.8 Å². The van der Waals surface area contributed by atoms with Gasteiger partial charge in [-0.25, -0.2) is 4.98 Å². The van der Waals surface area contributed by atoms with Crippen LogP contribution in [-0.4, -0.2) is 30.8 Å². The fourth-order valence-electron chi connectivity index (χ4n) is 3.08. The van der Waals surface area contributed by atoms with Crippen molar-refractivity contribution in [1.82, 2.24) is 10.3 Å². The van der Waals surface area contributed by atoms with Crippen LogP contribution in [0.5, 0.6) is 11.5 Å². The number of hydrogen-bond donors (Lipinski definition) is 1. The Bertz CT molecular complexity index is 757. The highest BCUT2D eigenvalue weighted by Gasteiger charge is 2.20. The van der Waals surface area contributed by atoms with Gasteiger partial charge in [-0.05, 0) is 42.7 Å². The van der Waals surface area contributed by atoms with Gasteiger partial charge >= 0.3 is 0 Å². The molecule has 124 valence electrons. The summed E-state index contributed by atoms with van der Waals surface area (Å²) in [6, 6.07) is 9.32. The van der Waals surface area contributed by atoms with Crippen LogP contribution in [0, 0.1) is 0 Å². The Morgan fingerprint density at radius 3 is 2.88 bits per heavy atom. The Hall–Kier alpha value is -2.76. The molecular formula is C18H19N3O3. The van der Waals surface area contributed by atoms with E-state index in [0.29, 0.717) is 12.1 Å². The molecule has 6 heteroatoms. The number of ether oxygens (including phenoxy) is 2. The van der Waals surface area contributed by atoms with Crippen LogP contribution in [0.4, 0.5) is 5.82 Å². The highest BCUT2D eigenvalue weighted by Crippen LogP contribution is 2.32. The summed E-state index contributed by atoms with van der Waals surface area (Å²) in [7, 11) is 0. The summed E-state index contributed by atoms with van der Waals surface area (Å²) in [5.74, 6) is 2.13. The number of pyridine rings is 1. The van der Waals surface area contributed by atoms with E-state index in [9.17, 15) is 4.79 Å². The molecular weight excluding hydrogens is 306 g/mol. The number of anilines is 1. The van der Waals surface area contributed by atoms with E-state index < -0.39 is 0 Å². The second-order valence-corrected chi connectivity index (χ2v) is 5.94. The van der Waals surface area contributed by atoms with Crippen molar-refractivity contribution in [1.29, 1.82) is 0 Å². The maximum absolute atomic E-state index is 12.6. The molecule has 24 heavy (non-hydrogen) atoms. The van der Waals surface area contributed by atoms with Gasteiger partial charge in [0.25, 0.3) is 5.91 Å². The smallest absolute Gasteiger partial charge is 0.255 e. The summed E-state index contributed by atoms with van der Waals surface area (Å²) in [6.07, 6.45) is 4.03. The number of fused-ring (bicyclic) bond motifs is 1. The first-order valence-corrected chi connectivity index (χ1v) is 8.18. The third-order valence-corrected chi connectivity index (χ3v) is 4.33. The van der Waals surface area contributed by atoms with Crippen LogP contribution in [0.2, 0.25) is 0 Å². The predicted molar refractivity (Wildman–Crippen MR) is 89.4 cm³/mol. The summed E-state index contributed by atoms with van der Waals surface area (Å²) >= 11 is 0. The molecule has 0 atom stereocenters. The molecule has 0 spiro atoms. The number of nitrogens with zero attached hydrogens (tertiary/aromatic N) is 2. The Balaban J connectivity index is 1.47. The molecule has 2 aliphatic heterocycles. The number of hydrogen-bond acceptors (Lipinski definition) is 5. The molecule has 1 aromatic heterocycles. The summed E-state index contributed by atoms with van der Waals surface area (Å²) in [4.78, 5) is 19.2. The van der Waals surface area contributed by atoms with Crippen molar-refractivity contribution in [2.45, 2.75) is 19.4 Å². The van der Waals surface area contributed by atoms with Crippen molar-refractivity contribution in [3.05, 3.63) is 47.7 Å². The average molecular weight is 325 g/mol. The molecule has 1 N–H and O–H groups in total. The van der Waals surface area contributed by atoms with Crippen LogP contribution in [0.3, 0.4) is 0 Å². The van der Waals surface area contributed by atoms with E-state index in [4.69, 9.17) is 9.47 Å². The van der Waals surface area contributed by atoms with Crippen molar-refractivity contribution in [2.75, 3.05) is 24.8 Å². The second kappa shape index (κ2) is 6.39. The number of carbonyl (C=O) groups is 1. The largest absolute Gasteiger partial charge is 0.454 e. The molecule has 0 radical (unpaired) electrons. The lowest BCUT2D eigenvalue weighted by atomic mass is 10.2. The minimum Gasteiger partial charge on any atom is -0.454 e. The van der Waals surface area contributed by atoms with E-state index >= 15 is 0 Å². The standard InChI is InChI=1S/C18H19N3O3/c22-18(14-4-3-7-19-17(14)21-8-1-2-9-21)20-11-13-5-6-15-16(10-13)24-12-23-15/h3-7,10H,1-2,8-9,11-12H2,(H,20,22). The van der Waals surface area contributed by atoms with E-state index in [0.717, 1.165) is 48.8 Å². The number of amides is 1. The van der Waals surface area contributed by atoms with Gasteiger partial charge in [-0.3, -0.25) is 4.79 Å². The lowest BCUT2D eigenvalue weighted by Crippen LogP contribution is -2.27. The molecule has 2 aliphatic rings. The van der Waals surface area contributed by atoms with E-state index in [1.165, 1.54) is 0 Å². The van der Waals surface area contributed by atoms with Crippen molar-refractivity contribution >= 4 is 11.7 Å². The number of benzene rings is 1. The topological polar surface area (TPSA) is 63.7 Å². The third-order valence-electron chi connectivity index (χ3n) is 4.33. The van der Waals surface area contributed by atoms with Gasteiger partial charge in [-0.15, -0.1) is 0 Å². The molecule has 1 aromatic carbocycles. The van der Waals surface area contributed by atoms with Gasteiger partial charge in [0.1, 0.15) is 5.82 Å². The van der Waals surface area contributed by atoms with Gasteiger partial charge in [0.15, 0.2) is 11.5 Å². The zero-order valence-corrected chi connectivity index (χ0v) is 13.3. The quantitative estimate of drug-likeness (QED) is 0.935. The van der Waals surface area contributed by atoms with Crippen LogP contribution in [-0.2, 0) is 6.54 Å². The molecule has 1 amide bonds. The Labute approximate surface area is 140 Å². The fraction of sp³-hybridized carbons (Fsp3) is 0.333. The van der Waals surface area contributed by atoms with Gasteiger partial charge in [0.05, 0.1) is 5.56 Å². The lowest BCUT2D eigenvalue weighted by Gasteiger charge is -2.19. The second-order valence-electron chi connectivity index (χ2n) is 5.94. The number of nitrogens with one attached hydrogen (secondary N) is 1. The fourth-order valence-corrected chi connectivity index (χ4v) is 3.08. The van der Waals surface area contributed by atoms with Gasteiger partial charge in [-0.1, -0.05) is 6.07 Å². The minimum atomic E-state index is -0.109. The van der Waals surface area contributed by atoms with E-state index in [-0.39, 0.29) is 12.7 Å². The van der Waals surface area contributed by atoms with Crippen LogP contribution >= 0.6 is 0 Å². The first-order chi connectivity index (χ1) is 11.8. The van der Waals surface area contributed by atoms with Gasteiger partial charge in [0.2, 0.25) is 6.79 Å². The van der Waals surface area contributed by atoms with E-state index in [2.05, 4.69) is 15.2 Å². The Kier molecular flexibility index (Phi) is 3.94. The third kappa shape index (κ3) is 2.87. The molecule has 0 unspecified atom stereocenters. The Morgan fingerprint density at radius 2 is 2.00 bits per heavy atom. The summed E-state index contributed by atoms with van der Waals surface area (Å²) in [6.45, 7) is 2.60. The highest BCUT2D eigenvalue weighted by atomic mass is 16.7. The van der Waals surface area contributed by atoms with Crippen LogP contribution in [0.1, 0.15) is 28.8 Å². The SMILES string of the molecule is O=C(NCc1ccc2c(c1)OCO2)c1cccnc1N1CCCC1. The summed E-state index contributed by atoms with van der Waals surface area (Å²) in [5, 5.41) is 2.97. The molecule has 0 saturated carbocycles. The Morgan fingerprint density at radius 1 is 1.17 bits per heavy atom. The van der Waals surface area contributed by atoms with Crippen molar-refractivity contribution in [2.24, 2.45) is 0 Å². The molecule has 6 nitrogen and oxygen atoms in total. The monoisotopic (exact) mass is 325 g/mol. The maximum atomic E-state index is 12.6. The molecule has 3 heterocycles. The molecule has 4 rings (SSSR count). The minimum absolute atomic E-state index is 0.109. The maximum Gasteiger partial charge on any atom is 0.255 e. The van der Waals surface area contributed by atoms with Crippen LogP contribution in [0.25, 0.3) is 0 Å². The van der Waals surface area contributed by atoms with Crippen LogP contribution < -0.4 is 19.7 Å². The van der Waals surface area contributed by atoms with Gasteiger partial charge < -0.3 is 19.7 Å². The first-order valence-electron chi connectivity index (χ1n) is 8.18. The van der Waals surface area contributed by atoms with Crippen molar-refractivity contribution in [3.8, 4) is 11.5 Å². The number of carbonyl (C=O) groups excluding carboxylic acids is 1. The normalized spacial score (nSPS) is 15.6. The summed E-state index contributed by atoms with van der Waals surface area (Å²) < 4.78 is 10.7. The van der Waals surface area contributed by atoms with E-state index in [1.807, 2.05) is 24.3 Å². The van der Waals surface area contributed by atoms with Gasteiger partial charge in [-0.2, -0.15) is 0 Å². The zero-order valence-electron chi connectivity index (χ0n) is 13.3. The molecule has 1 fully saturated rings. The number of rotatable bonds is 4. The molecule has 1 saturated heterocycles. The number of aromatic nitrogens is 1. The lowest BCUT2D eigenvalue weighted by molar-refractivity contribution is 0.0951. The predicted octanol–water partition coefficient (Wildman–Crippen LogP) is 2.34. The molecule has 0 aliphatic carbocycles. The van der Waals surface area contributed by atoms with Crippen LogP contribution in [0.15, 0.2) is 36.5 Å². The highest BCUT2D eigenvalue weighted by molar-refractivity contribution is 5.98. The average Bonchev–Trinajstić information content (AvgIpc) is 3.30. The van der Waals surface area contributed by atoms with E-state index in [1.54, 1.807) is 12.3 Å².